The number of aryl methyl sites for hydroxylation is 1. The lowest BCUT2D eigenvalue weighted by atomic mass is 10.1. The topological polar surface area (TPSA) is 72.5 Å². The smallest absolute Gasteiger partial charge is 0.226 e. The number of hydrogen-bond donors (Lipinski definition) is 2. The minimum absolute atomic E-state index is 0.113. The van der Waals surface area contributed by atoms with Gasteiger partial charge in [0.2, 0.25) is 5.91 Å². The molecule has 0 radical (unpaired) electrons. The van der Waals surface area contributed by atoms with E-state index in [4.69, 9.17) is 9.47 Å². The lowest BCUT2D eigenvalue weighted by Crippen LogP contribution is -2.35. The molecule has 24 heavy (non-hydrogen) atoms. The molecule has 0 fully saturated rings. The number of benzene rings is 1. The standard InChI is InChI=1S/C17H23N3O3S/c1-4-12-5-7-13(8-6-12)19-17-20-14(11-24-17)9-15(21)18-10-16(22-2)23-3/h5-8,11,16H,4,9-10H2,1-3H3,(H,18,21)(H,19,20). The Morgan fingerprint density at radius 1 is 1.25 bits per heavy atom. The minimum Gasteiger partial charge on any atom is -0.354 e. The Balaban J connectivity index is 1.84. The molecule has 0 aliphatic rings. The molecule has 0 saturated carbocycles. The van der Waals surface area contributed by atoms with Crippen LogP contribution in [-0.4, -0.2) is 37.9 Å². The molecular weight excluding hydrogens is 326 g/mol. The van der Waals surface area contributed by atoms with E-state index in [2.05, 4.69) is 34.7 Å². The van der Waals surface area contributed by atoms with Crippen LogP contribution in [0.2, 0.25) is 0 Å². The summed E-state index contributed by atoms with van der Waals surface area (Å²) in [6, 6.07) is 8.24. The van der Waals surface area contributed by atoms with Crippen molar-refractivity contribution in [3.63, 3.8) is 0 Å². The maximum Gasteiger partial charge on any atom is 0.226 e. The van der Waals surface area contributed by atoms with Gasteiger partial charge in [-0.25, -0.2) is 4.98 Å². The summed E-state index contributed by atoms with van der Waals surface area (Å²) in [5.74, 6) is -0.113. The zero-order valence-electron chi connectivity index (χ0n) is 14.2. The SMILES string of the molecule is CCc1ccc(Nc2nc(CC(=O)NCC(OC)OC)cs2)cc1. The van der Waals surface area contributed by atoms with Crippen LogP contribution in [0.15, 0.2) is 29.6 Å². The van der Waals surface area contributed by atoms with E-state index in [0.29, 0.717) is 6.54 Å². The van der Waals surface area contributed by atoms with E-state index in [9.17, 15) is 4.79 Å². The lowest BCUT2D eigenvalue weighted by molar-refractivity contribution is -0.126. The Morgan fingerprint density at radius 3 is 2.58 bits per heavy atom. The van der Waals surface area contributed by atoms with Gasteiger partial charge in [-0.3, -0.25) is 4.79 Å². The van der Waals surface area contributed by atoms with Crippen LogP contribution in [0.5, 0.6) is 0 Å². The number of amides is 1. The van der Waals surface area contributed by atoms with Crippen molar-refractivity contribution in [2.45, 2.75) is 26.1 Å². The normalized spacial score (nSPS) is 10.8. The maximum absolute atomic E-state index is 11.9. The number of ether oxygens (including phenoxy) is 2. The second-order valence-electron chi connectivity index (χ2n) is 5.20. The van der Waals surface area contributed by atoms with E-state index >= 15 is 0 Å². The van der Waals surface area contributed by atoms with Crippen LogP contribution in [0.1, 0.15) is 18.2 Å². The predicted molar refractivity (Wildman–Crippen MR) is 95.7 cm³/mol. The molecule has 1 aromatic carbocycles. The number of carbonyl (C=O) groups excluding carboxylic acids is 1. The van der Waals surface area contributed by atoms with E-state index in [-0.39, 0.29) is 12.3 Å². The highest BCUT2D eigenvalue weighted by molar-refractivity contribution is 7.13. The van der Waals surface area contributed by atoms with Crippen LogP contribution in [0, 0.1) is 0 Å². The van der Waals surface area contributed by atoms with Gasteiger partial charge in [0, 0.05) is 25.3 Å². The van der Waals surface area contributed by atoms with Crippen molar-refractivity contribution in [3.05, 3.63) is 40.9 Å². The summed E-state index contributed by atoms with van der Waals surface area (Å²) in [5.41, 5.74) is 3.01. The van der Waals surface area contributed by atoms with Crippen LogP contribution in [0.25, 0.3) is 0 Å². The van der Waals surface area contributed by atoms with Crippen molar-refractivity contribution in [3.8, 4) is 0 Å². The molecule has 0 atom stereocenters. The number of aromatic nitrogens is 1. The summed E-state index contributed by atoms with van der Waals surface area (Å²) in [4.78, 5) is 16.3. The Hall–Kier alpha value is -1.96. The molecule has 0 unspecified atom stereocenters. The Morgan fingerprint density at radius 2 is 1.96 bits per heavy atom. The van der Waals surface area contributed by atoms with Gasteiger partial charge in [0.25, 0.3) is 0 Å². The van der Waals surface area contributed by atoms with Crippen molar-refractivity contribution in [1.29, 1.82) is 0 Å². The van der Waals surface area contributed by atoms with Gasteiger partial charge in [0.15, 0.2) is 11.4 Å². The van der Waals surface area contributed by atoms with Crippen LogP contribution in [0.3, 0.4) is 0 Å². The van der Waals surface area contributed by atoms with Gasteiger partial charge in [-0.15, -0.1) is 11.3 Å². The first-order valence-electron chi connectivity index (χ1n) is 7.77. The number of carbonyl (C=O) groups is 1. The molecule has 1 heterocycles. The number of nitrogens with zero attached hydrogens (tertiary/aromatic N) is 1. The monoisotopic (exact) mass is 349 g/mol. The van der Waals surface area contributed by atoms with Gasteiger partial charge in [0.1, 0.15) is 0 Å². The van der Waals surface area contributed by atoms with E-state index in [1.807, 2.05) is 17.5 Å². The first-order valence-corrected chi connectivity index (χ1v) is 8.65. The van der Waals surface area contributed by atoms with Crippen molar-refractivity contribution in [1.82, 2.24) is 10.3 Å². The Bertz CT molecular complexity index is 639. The predicted octanol–water partition coefficient (Wildman–Crippen LogP) is 2.73. The van der Waals surface area contributed by atoms with E-state index in [0.717, 1.165) is 22.9 Å². The van der Waals surface area contributed by atoms with Gasteiger partial charge < -0.3 is 20.1 Å². The first kappa shape index (κ1) is 18.4. The highest BCUT2D eigenvalue weighted by Crippen LogP contribution is 2.21. The Kier molecular flexibility index (Phi) is 7.17. The summed E-state index contributed by atoms with van der Waals surface area (Å²) in [6.07, 6.45) is 0.810. The quantitative estimate of drug-likeness (QED) is 0.681. The molecule has 130 valence electrons. The van der Waals surface area contributed by atoms with Crippen LogP contribution in [0.4, 0.5) is 10.8 Å². The zero-order valence-corrected chi connectivity index (χ0v) is 15.0. The molecule has 2 rings (SSSR count). The maximum atomic E-state index is 11.9. The molecule has 0 aliphatic carbocycles. The average molecular weight is 349 g/mol. The highest BCUT2D eigenvalue weighted by atomic mass is 32.1. The average Bonchev–Trinajstić information content (AvgIpc) is 3.03. The number of nitrogens with one attached hydrogen (secondary N) is 2. The molecule has 0 spiro atoms. The van der Waals surface area contributed by atoms with Gasteiger partial charge in [-0.05, 0) is 24.1 Å². The van der Waals surface area contributed by atoms with Gasteiger partial charge in [-0.1, -0.05) is 19.1 Å². The summed E-state index contributed by atoms with van der Waals surface area (Å²) in [5, 5.41) is 8.67. The molecule has 7 heteroatoms. The Labute approximate surface area is 146 Å². The summed E-state index contributed by atoms with van der Waals surface area (Å²) in [7, 11) is 3.07. The summed E-state index contributed by atoms with van der Waals surface area (Å²) >= 11 is 1.48. The fourth-order valence-electron chi connectivity index (χ4n) is 2.08. The second kappa shape index (κ2) is 9.36. The molecular formula is C17H23N3O3S. The molecule has 0 bridgehead atoms. The van der Waals surface area contributed by atoms with Crippen LogP contribution in [-0.2, 0) is 27.1 Å². The minimum atomic E-state index is -0.437. The van der Waals surface area contributed by atoms with Crippen LogP contribution < -0.4 is 10.6 Å². The molecule has 0 aliphatic heterocycles. The molecule has 1 aromatic heterocycles. The van der Waals surface area contributed by atoms with Gasteiger partial charge in [0.05, 0.1) is 18.7 Å². The first-order chi connectivity index (χ1) is 11.6. The highest BCUT2D eigenvalue weighted by Gasteiger charge is 2.11. The third-order valence-electron chi connectivity index (χ3n) is 3.50. The number of thiazole rings is 1. The van der Waals surface area contributed by atoms with Gasteiger partial charge >= 0.3 is 0 Å². The molecule has 1 amide bonds. The van der Waals surface area contributed by atoms with Gasteiger partial charge in [-0.2, -0.15) is 0 Å². The fourth-order valence-corrected chi connectivity index (χ4v) is 2.81. The zero-order chi connectivity index (χ0) is 17.4. The van der Waals surface area contributed by atoms with Crippen molar-refractivity contribution in [2.75, 3.05) is 26.1 Å². The molecule has 6 nitrogen and oxygen atoms in total. The third-order valence-corrected chi connectivity index (χ3v) is 4.31. The molecule has 2 aromatic rings. The molecule has 0 saturated heterocycles. The largest absolute Gasteiger partial charge is 0.354 e. The second-order valence-corrected chi connectivity index (χ2v) is 6.06. The van der Waals surface area contributed by atoms with E-state index in [1.165, 1.54) is 31.1 Å². The summed E-state index contributed by atoms with van der Waals surface area (Å²) in [6.45, 7) is 2.44. The van der Waals surface area contributed by atoms with Crippen molar-refractivity contribution in [2.24, 2.45) is 0 Å². The number of hydrogen-bond acceptors (Lipinski definition) is 6. The summed E-state index contributed by atoms with van der Waals surface area (Å²) < 4.78 is 10.1. The molecule has 2 N–H and O–H groups in total. The van der Waals surface area contributed by atoms with E-state index < -0.39 is 6.29 Å². The fraction of sp³-hybridized carbons (Fsp3) is 0.412. The van der Waals surface area contributed by atoms with E-state index in [1.54, 1.807) is 0 Å². The number of rotatable bonds is 9. The van der Waals surface area contributed by atoms with Crippen molar-refractivity contribution < 1.29 is 14.3 Å². The number of methoxy groups -OCH3 is 2. The third kappa shape index (κ3) is 5.59. The van der Waals surface area contributed by atoms with Crippen LogP contribution >= 0.6 is 11.3 Å². The number of anilines is 2. The van der Waals surface area contributed by atoms with Crippen molar-refractivity contribution >= 4 is 28.1 Å². The lowest BCUT2D eigenvalue weighted by Gasteiger charge is -2.13.